The van der Waals surface area contributed by atoms with Crippen molar-refractivity contribution in [1.82, 2.24) is 15.5 Å². The average Bonchev–Trinajstić information content (AvgIpc) is 3.46. The molecule has 2 aliphatic rings. The van der Waals surface area contributed by atoms with E-state index in [-0.39, 0.29) is 23.8 Å². The number of nitrogens with zero attached hydrogens (tertiary/aromatic N) is 1. The highest BCUT2D eigenvalue weighted by Crippen LogP contribution is 2.43. The number of amides is 3. The Labute approximate surface area is 171 Å². The summed E-state index contributed by atoms with van der Waals surface area (Å²) in [5.74, 6) is 1.67. The summed E-state index contributed by atoms with van der Waals surface area (Å²) < 4.78 is 16.4. The second-order valence-electron chi connectivity index (χ2n) is 7.60. The Morgan fingerprint density at radius 3 is 2.21 bits per heavy atom. The van der Waals surface area contributed by atoms with E-state index in [0.717, 1.165) is 5.56 Å². The highest BCUT2D eigenvalue weighted by atomic mass is 16.5. The first-order valence-corrected chi connectivity index (χ1v) is 10.1. The van der Waals surface area contributed by atoms with Crippen molar-refractivity contribution in [3.8, 4) is 17.2 Å². The number of likely N-dealkylation sites (tertiary alicyclic amines) is 1. The molecule has 2 atom stereocenters. The fourth-order valence-corrected chi connectivity index (χ4v) is 3.85. The molecule has 1 aromatic rings. The van der Waals surface area contributed by atoms with E-state index < -0.39 is 0 Å². The Hall–Kier alpha value is -2.64. The van der Waals surface area contributed by atoms with Crippen LogP contribution in [0.4, 0.5) is 4.79 Å². The Bertz CT molecular complexity index is 725. The fourth-order valence-electron chi connectivity index (χ4n) is 3.85. The predicted octanol–water partition coefficient (Wildman–Crippen LogP) is 1.98. The van der Waals surface area contributed by atoms with E-state index in [1.807, 2.05) is 19.1 Å². The monoisotopic (exact) mass is 405 g/mol. The minimum Gasteiger partial charge on any atom is -0.493 e. The average molecular weight is 405 g/mol. The maximum absolute atomic E-state index is 13.0. The summed E-state index contributed by atoms with van der Waals surface area (Å²) in [5.41, 5.74) is 0.887. The van der Waals surface area contributed by atoms with Crippen molar-refractivity contribution in [1.29, 1.82) is 0 Å². The largest absolute Gasteiger partial charge is 0.493 e. The number of methoxy groups -OCH3 is 3. The number of nitrogens with one attached hydrogen (secondary N) is 2. The molecule has 0 unspecified atom stereocenters. The Morgan fingerprint density at radius 1 is 1.03 bits per heavy atom. The van der Waals surface area contributed by atoms with E-state index in [1.54, 1.807) is 26.2 Å². The molecule has 1 saturated carbocycles. The van der Waals surface area contributed by atoms with Crippen molar-refractivity contribution >= 4 is 11.9 Å². The van der Waals surface area contributed by atoms with Gasteiger partial charge in [0.05, 0.1) is 27.2 Å². The molecular formula is C21H31N3O5. The first-order chi connectivity index (χ1) is 14.0. The molecule has 160 valence electrons. The van der Waals surface area contributed by atoms with Gasteiger partial charge in [0.25, 0.3) is 0 Å². The second kappa shape index (κ2) is 9.24. The third-order valence-electron chi connectivity index (χ3n) is 5.65. The molecule has 29 heavy (non-hydrogen) atoms. The molecule has 2 fully saturated rings. The third-order valence-corrected chi connectivity index (χ3v) is 5.65. The van der Waals surface area contributed by atoms with Gasteiger partial charge in [-0.25, -0.2) is 4.79 Å². The lowest BCUT2D eigenvalue weighted by atomic mass is 9.88. The summed E-state index contributed by atoms with van der Waals surface area (Å²) in [4.78, 5) is 27.1. The van der Waals surface area contributed by atoms with Crippen molar-refractivity contribution in [3.05, 3.63) is 17.7 Å². The molecule has 1 aliphatic carbocycles. The molecular weight excluding hydrogens is 374 g/mol. The standard InChI is InChI=1S/C21H31N3O5/c1-5-22-21(26)24-11-15(16(12-24)20(25)23-10-13-6-7-13)14-8-17(27-2)19(29-4)18(9-14)28-3/h8-9,13,15-16H,5-7,10-12H2,1-4H3,(H,22,26)(H,23,25)/t15-,16-/m0/s1. The predicted molar refractivity (Wildman–Crippen MR) is 109 cm³/mol. The number of hydrogen-bond donors (Lipinski definition) is 2. The molecule has 0 spiro atoms. The first kappa shape index (κ1) is 21.1. The topological polar surface area (TPSA) is 89.1 Å². The number of ether oxygens (including phenoxy) is 3. The van der Waals surface area contributed by atoms with Gasteiger partial charge in [-0.2, -0.15) is 0 Å². The van der Waals surface area contributed by atoms with E-state index >= 15 is 0 Å². The van der Waals surface area contributed by atoms with E-state index in [0.29, 0.717) is 49.3 Å². The summed E-state index contributed by atoms with van der Waals surface area (Å²) in [5, 5.41) is 5.90. The van der Waals surface area contributed by atoms with Gasteiger partial charge in [-0.1, -0.05) is 0 Å². The molecule has 1 aromatic carbocycles. The number of rotatable bonds is 8. The van der Waals surface area contributed by atoms with Crippen molar-refractivity contribution in [2.24, 2.45) is 11.8 Å². The van der Waals surface area contributed by atoms with Crippen molar-refractivity contribution in [2.45, 2.75) is 25.7 Å². The van der Waals surface area contributed by atoms with Crippen LogP contribution in [0, 0.1) is 11.8 Å². The highest BCUT2D eigenvalue weighted by Gasteiger charge is 2.41. The van der Waals surface area contributed by atoms with Gasteiger partial charge in [-0.05, 0) is 43.4 Å². The maximum Gasteiger partial charge on any atom is 0.317 e. The van der Waals surface area contributed by atoms with Crippen molar-refractivity contribution in [2.75, 3.05) is 47.5 Å². The zero-order valence-electron chi connectivity index (χ0n) is 17.6. The fraction of sp³-hybridized carbons (Fsp3) is 0.619. The van der Waals surface area contributed by atoms with Crippen LogP contribution in [0.1, 0.15) is 31.2 Å². The summed E-state index contributed by atoms with van der Waals surface area (Å²) in [6, 6.07) is 3.59. The van der Waals surface area contributed by atoms with Crippen LogP contribution in [0.25, 0.3) is 0 Å². The van der Waals surface area contributed by atoms with Crippen LogP contribution < -0.4 is 24.8 Å². The SMILES string of the molecule is CCNC(=O)N1C[C@H](C(=O)NCC2CC2)[C@H](c2cc(OC)c(OC)c(OC)c2)C1. The minimum atomic E-state index is -0.334. The summed E-state index contributed by atoms with van der Waals surface area (Å²) in [7, 11) is 4.69. The molecule has 3 amide bonds. The molecule has 2 N–H and O–H groups in total. The Kier molecular flexibility index (Phi) is 6.71. The van der Waals surface area contributed by atoms with E-state index in [2.05, 4.69) is 10.6 Å². The van der Waals surface area contributed by atoms with Gasteiger partial charge in [0.2, 0.25) is 11.7 Å². The zero-order chi connectivity index (χ0) is 21.0. The van der Waals surface area contributed by atoms with Crippen molar-refractivity contribution in [3.63, 3.8) is 0 Å². The minimum absolute atomic E-state index is 0.0116. The molecule has 3 rings (SSSR count). The second-order valence-corrected chi connectivity index (χ2v) is 7.60. The lowest BCUT2D eigenvalue weighted by Gasteiger charge is -2.21. The lowest BCUT2D eigenvalue weighted by Crippen LogP contribution is -2.40. The quantitative estimate of drug-likeness (QED) is 0.690. The van der Waals surface area contributed by atoms with Crippen molar-refractivity contribution < 1.29 is 23.8 Å². The van der Waals surface area contributed by atoms with Crippen LogP contribution in [0.15, 0.2) is 12.1 Å². The molecule has 0 aromatic heterocycles. The molecule has 8 nitrogen and oxygen atoms in total. The number of benzene rings is 1. The van der Waals surface area contributed by atoms with Crippen LogP contribution in [0.3, 0.4) is 0 Å². The molecule has 1 heterocycles. The van der Waals surface area contributed by atoms with Crippen LogP contribution in [0.5, 0.6) is 17.2 Å². The molecule has 0 bridgehead atoms. The van der Waals surface area contributed by atoms with Gasteiger partial charge in [-0.3, -0.25) is 4.79 Å². The normalized spacial score (nSPS) is 20.9. The Balaban J connectivity index is 1.89. The summed E-state index contributed by atoms with van der Waals surface area (Å²) in [6.45, 7) is 3.96. The van der Waals surface area contributed by atoms with Crippen LogP contribution in [0.2, 0.25) is 0 Å². The summed E-state index contributed by atoms with van der Waals surface area (Å²) in [6.07, 6.45) is 2.35. The van der Waals surface area contributed by atoms with Crippen LogP contribution >= 0.6 is 0 Å². The Morgan fingerprint density at radius 2 is 1.69 bits per heavy atom. The molecule has 8 heteroatoms. The first-order valence-electron chi connectivity index (χ1n) is 10.1. The summed E-state index contributed by atoms with van der Waals surface area (Å²) >= 11 is 0. The zero-order valence-corrected chi connectivity index (χ0v) is 17.6. The molecule has 1 aliphatic heterocycles. The van der Waals surface area contributed by atoms with E-state index in [9.17, 15) is 9.59 Å². The van der Waals surface area contributed by atoms with Gasteiger partial charge in [-0.15, -0.1) is 0 Å². The van der Waals surface area contributed by atoms with Gasteiger partial charge >= 0.3 is 6.03 Å². The van der Waals surface area contributed by atoms with Gasteiger partial charge in [0.15, 0.2) is 11.5 Å². The molecule has 0 radical (unpaired) electrons. The van der Waals surface area contributed by atoms with E-state index in [4.69, 9.17) is 14.2 Å². The van der Waals surface area contributed by atoms with E-state index in [1.165, 1.54) is 12.8 Å². The molecule has 1 saturated heterocycles. The van der Waals surface area contributed by atoms with Crippen LogP contribution in [-0.2, 0) is 4.79 Å². The van der Waals surface area contributed by atoms with Crippen LogP contribution in [-0.4, -0.2) is 64.3 Å². The number of carbonyl (C=O) groups excluding carboxylic acids is 2. The van der Waals surface area contributed by atoms with Gasteiger partial charge in [0.1, 0.15) is 0 Å². The number of urea groups is 1. The maximum atomic E-state index is 13.0. The number of carbonyl (C=O) groups is 2. The number of hydrogen-bond acceptors (Lipinski definition) is 5. The van der Waals surface area contributed by atoms with Gasteiger partial charge < -0.3 is 29.7 Å². The smallest absolute Gasteiger partial charge is 0.317 e. The third kappa shape index (κ3) is 4.68. The highest BCUT2D eigenvalue weighted by molar-refractivity contribution is 5.83. The van der Waals surface area contributed by atoms with Gasteiger partial charge in [0, 0.05) is 32.1 Å². The lowest BCUT2D eigenvalue weighted by molar-refractivity contribution is -0.125.